The Morgan fingerprint density at radius 2 is 1.97 bits per heavy atom. The minimum Gasteiger partial charge on any atom is -0.494 e. The van der Waals surface area contributed by atoms with Crippen LogP contribution in [-0.2, 0) is 4.79 Å². The van der Waals surface area contributed by atoms with E-state index >= 15 is 0 Å². The lowest BCUT2D eigenvalue weighted by atomic mass is 10.2. The van der Waals surface area contributed by atoms with E-state index in [1.165, 1.54) is 6.07 Å². The maximum Gasteiger partial charge on any atom is 0.234 e. The number of nitrogens with one attached hydrogen (secondary N) is 1. The molecule has 0 unspecified atom stereocenters. The number of thioether (sulfide) groups is 1. The molecule has 0 saturated carbocycles. The number of hydrogen-bond donors (Lipinski definition) is 2. The SMILES string of the molecule is CCOc1ccc(NC(=O)CSc2nnc(-c3cc(F)c(Cl)cc3Cl)n2N)cc1. The van der Waals surface area contributed by atoms with E-state index in [0.29, 0.717) is 12.3 Å². The Bertz CT molecular complexity index is 1030. The van der Waals surface area contributed by atoms with Gasteiger partial charge in [-0.2, -0.15) is 0 Å². The van der Waals surface area contributed by atoms with Crippen molar-refractivity contribution < 1.29 is 13.9 Å². The van der Waals surface area contributed by atoms with Crippen LogP contribution in [0.1, 0.15) is 6.92 Å². The normalized spacial score (nSPS) is 10.8. The number of aromatic nitrogens is 3. The van der Waals surface area contributed by atoms with Crippen molar-refractivity contribution in [3.63, 3.8) is 0 Å². The molecule has 3 aromatic rings. The molecule has 0 radical (unpaired) electrons. The molecule has 0 aliphatic carbocycles. The predicted octanol–water partition coefficient (Wildman–Crippen LogP) is 4.23. The van der Waals surface area contributed by atoms with E-state index in [2.05, 4.69) is 15.5 Å². The van der Waals surface area contributed by atoms with Gasteiger partial charge in [0.2, 0.25) is 11.1 Å². The minimum absolute atomic E-state index is 0.0469. The number of rotatable bonds is 7. The molecule has 0 aliphatic rings. The Morgan fingerprint density at radius 1 is 1.24 bits per heavy atom. The number of benzene rings is 2. The van der Waals surface area contributed by atoms with Crippen LogP contribution in [0.2, 0.25) is 10.0 Å². The molecule has 11 heteroatoms. The van der Waals surface area contributed by atoms with E-state index in [1.807, 2.05) is 6.92 Å². The van der Waals surface area contributed by atoms with Gasteiger partial charge in [-0.3, -0.25) is 4.79 Å². The highest BCUT2D eigenvalue weighted by Gasteiger charge is 2.18. The molecule has 0 saturated heterocycles. The molecule has 0 atom stereocenters. The summed E-state index contributed by atoms with van der Waals surface area (Å²) < 4.78 is 20.3. The molecule has 1 amide bonds. The quantitative estimate of drug-likeness (QED) is 0.314. The summed E-state index contributed by atoms with van der Waals surface area (Å²) in [6.07, 6.45) is 0. The number of carbonyl (C=O) groups excluding carboxylic acids is 1. The molecule has 0 bridgehead atoms. The molecule has 0 fully saturated rings. The van der Waals surface area contributed by atoms with Crippen LogP contribution in [0.3, 0.4) is 0 Å². The molecule has 29 heavy (non-hydrogen) atoms. The number of nitrogens with two attached hydrogens (primary N) is 1. The monoisotopic (exact) mass is 455 g/mol. The van der Waals surface area contributed by atoms with E-state index in [0.717, 1.165) is 28.3 Å². The van der Waals surface area contributed by atoms with Gasteiger partial charge in [0.1, 0.15) is 11.6 Å². The lowest BCUT2D eigenvalue weighted by molar-refractivity contribution is -0.113. The van der Waals surface area contributed by atoms with Crippen molar-refractivity contribution in [1.82, 2.24) is 14.9 Å². The molecule has 3 rings (SSSR count). The summed E-state index contributed by atoms with van der Waals surface area (Å²) in [5, 5.41) is 11.0. The Labute approximate surface area is 180 Å². The maximum absolute atomic E-state index is 13.8. The molecular formula is C18H16Cl2FN5O2S. The summed E-state index contributed by atoms with van der Waals surface area (Å²) in [5.41, 5.74) is 0.881. The Hall–Kier alpha value is -2.49. The first-order chi connectivity index (χ1) is 13.9. The third-order valence-electron chi connectivity index (χ3n) is 3.70. The predicted molar refractivity (Wildman–Crippen MR) is 113 cm³/mol. The molecular weight excluding hydrogens is 440 g/mol. The zero-order valence-electron chi connectivity index (χ0n) is 15.2. The fourth-order valence-corrected chi connectivity index (χ4v) is 3.51. The van der Waals surface area contributed by atoms with Crippen molar-refractivity contribution in [1.29, 1.82) is 0 Å². The van der Waals surface area contributed by atoms with E-state index in [9.17, 15) is 9.18 Å². The Morgan fingerprint density at radius 3 is 2.66 bits per heavy atom. The lowest BCUT2D eigenvalue weighted by Gasteiger charge is -2.08. The largest absolute Gasteiger partial charge is 0.494 e. The van der Waals surface area contributed by atoms with Crippen LogP contribution < -0.4 is 15.9 Å². The van der Waals surface area contributed by atoms with E-state index < -0.39 is 5.82 Å². The van der Waals surface area contributed by atoms with Crippen LogP contribution in [0.5, 0.6) is 5.75 Å². The number of anilines is 1. The number of nitrogen functional groups attached to an aromatic ring is 1. The van der Waals surface area contributed by atoms with Crippen LogP contribution >= 0.6 is 35.0 Å². The second-order valence-electron chi connectivity index (χ2n) is 5.72. The van der Waals surface area contributed by atoms with E-state index in [1.54, 1.807) is 24.3 Å². The molecule has 3 N–H and O–H groups in total. The van der Waals surface area contributed by atoms with Crippen LogP contribution in [0.4, 0.5) is 10.1 Å². The number of amides is 1. The number of carbonyl (C=O) groups is 1. The summed E-state index contributed by atoms with van der Waals surface area (Å²) in [5.74, 6) is 6.00. The fourth-order valence-electron chi connectivity index (χ4n) is 2.38. The highest BCUT2D eigenvalue weighted by Crippen LogP contribution is 2.32. The van der Waals surface area contributed by atoms with Crippen molar-refractivity contribution in [3.05, 3.63) is 52.3 Å². The first kappa shape index (κ1) is 21.2. The van der Waals surface area contributed by atoms with Crippen molar-refractivity contribution in [2.45, 2.75) is 12.1 Å². The molecule has 152 valence electrons. The first-order valence-electron chi connectivity index (χ1n) is 8.40. The third kappa shape index (κ3) is 5.11. The van der Waals surface area contributed by atoms with Gasteiger partial charge in [0, 0.05) is 11.3 Å². The average molecular weight is 456 g/mol. The van der Waals surface area contributed by atoms with Gasteiger partial charge >= 0.3 is 0 Å². The molecule has 0 spiro atoms. The Kier molecular flexibility index (Phi) is 6.83. The van der Waals surface area contributed by atoms with Crippen LogP contribution in [-0.4, -0.2) is 33.1 Å². The second kappa shape index (κ2) is 9.34. The van der Waals surface area contributed by atoms with Crippen LogP contribution in [0.15, 0.2) is 41.6 Å². The van der Waals surface area contributed by atoms with Gasteiger partial charge in [0.25, 0.3) is 0 Å². The third-order valence-corrected chi connectivity index (χ3v) is 5.24. The van der Waals surface area contributed by atoms with Crippen LogP contribution in [0.25, 0.3) is 11.4 Å². The zero-order chi connectivity index (χ0) is 21.0. The molecule has 1 aromatic heterocycles. The smallest absolute Gasteiger partial charge is 0.234 e. The molecule has 0 aliphatic heterocycles. The topological polar surface area (TPSA) is 95.1 Å². The number of ether oxygens (including phenoxy) is 1. The van der Waals surface area contributed by atoms with E-state index in [4.69, 9.17) is 33.8 Å². The van der Waals surface area contributed by atoms with Gasteiger partial charge in [0.15, 0.2) is 5.82 Å². The zero-order valence-corrected chi connectivity index (χ0v) is 17.5. The van der Waals surface area contributed by atoms with Gasteiger partial charge < -0.3 is 15.9 Å². The molecule has 1 heterocycles. The average Bonchev–Trinajstić information content (AvgIpc) is 3.05. The van der Waals surface area contributed by atoms with Crippen molar-refractivity contribution >= 4 is 46.6 Å². The standard InChI is InChI=1S/C18H16Cl2FN5O2S/c1-2-28-11-5-3-10(4-6-11)23-16(27)9-29-18-25-24-17(26(18)22)12-7-15(21)14(20)8-13(12)19/h3-8H,2,9,22H2,1H3,(H,23,27). The second-order valence-corrected chi connectivity index (χ2v) is 7.47. The molecule has 7 nitrogen and oxygen atoms in total. The van der Waals surface area contributed by atoms with Gasteiger partial charge in [0.05, 0.1) is 22.4 Å². The summed E-state index contributed by atoms with van der Waals surface area (Å²) in [6, 6.07) is 9.42. The highest BCUT2D eigenvalue weighted by atomic mass is 35.5. The van der Waals surface area contributed by atoms with Gasteiger partial charge in [-0.15, -0.1) is 10.2 Å². The summed E-state index contributed by atoms with van der Waals surface area (Å²) in [6.45, 7) is 2.46. The number of hydrogen-bond acceptors (Lipinski definition) is 6. The maximum atomic E-state index is 13.8. The summed E-state index contributed by atoms with van der Waals surface area (Å²) in [7, 11) is 0. The minimum atomic E-state index is -0.655. The van der Waals surface area contributed by atoms with Gasteiger partial charge in [-0.25, -0.2) is 9.07 Å². The molecule has 2 aromatic carbocycles. The van der Waals surface area contributed by atoms with Crippen molar-refractivity contribution in [2.75, 3.05) is 23.5 Å². The van der Waals surface area contributed by atoms with Crippen molar-refractivity contribution in [3.8, 4) is 17.1 Å². The Balaban J connectivity index is 1.64. The van der Waals surface area contributed by atoms with Crippen LogP contribution in [0, 0.1) is 5.82 Å². The van der Waals surface area contributed by atoms with Crippen molar-refractivity contribution in [2.24, 2.45) is 0 Å². The summed E-state index contributed by atoms with van der Waals surface area (Å²) >= 11 is 12.9. The fraction of sp³-hybridized carbons (Fsp3) is 0.167. The highest BCUT2D eigenvalue weighted by molar-refractivity contribution is 7.99. The lowest BCUT2D eigenvalue weighted by Crippen LogP contribution is -2.16. The summed E-state index contributed by atoms with van der Waals surface area (Å²) in [4.78, 5) is 12.2. The first-order valence-corrected chi connectivity index (χ1v) is 10.1. The number of halogens is 3. The van der Waals surface area contributed by atoms with Gasteiger partial charge in [-0.05, 0) is 43.3 Å². The number of nitrogens with zero attached hydrogens (tertiary/aromatic N) is 3. The van der Waals surface area contributed by atoms with E-state index in [-0.39, 0.29) is 38.2 Å². The van der Waals surface area contributed by atoms with Gasteiger partial charge in [-0.1, -0.05) is 35.0 Å².